The van der Waals surface area contributed by atoms with E-state index in [2.05, 4.69) is 0 Å². The van der Waals surface area contributed by atoms with Gasteiger partial charge in [-0.1, -0.05) is 6.07 Å². The van der Waals surface area contributed by atoms with Crippen molar-refractivity contribution in [3.8, 4) is 28.7 Å². The summed E-state index contributed by atoms with van der Waals surface area (Å²) in [6.07, 6.45) is 0.255. The molecule has 2 aromatic carbocycles. The van der Waals surface area contributed by atoms with Crippen LogP contribution in [-0.4, -0.2) is 54.0 Å². The lowest BCUT2D eigenvalue weighted by atomic mass is 10.1. The van der Waals surface area contributed by atoms with Gasteiger partial charge in [0.1, 0.15) is 17.2 Å². The fourth-order valence-electron chi connectivity index (χ4n) is 2.79. The first-order valence-corrected chi connectivity index (χ1v) is 11.1. The summed E-state index contributed by atoms with van der Waals surface area (Å²) in [4.78, 5) is 11.1. The maximum absolute atomic E-state index is 12.7. The van der Waals surface area contributed by atoms with E-state index >= 15 is 0 Å². The Morgan fingerprint density at radius 1 is 0.938 bits per heavy atom. The molecule has 1 N–H and O–H groups in total. The number of benzene rings is 2. The number of sulfone groups is 1. The van der Waals surface area contributed by atoms with Gasteiger partial charge in [0.05, 0.1) is 39.8 Å². The normalized spacial score (nSPS) is 12.3. The Labute approximate surface area is 187 Å². The van der Waals surface area contributed by atoms with Crippen molar-refractivity contribution in [3.63, 3.8) is 0 Å². The molecule has 0 fully saturated rings. The number of aliphatic carboxylic acids is 1. The minimum absolute atomic E-state index is 0.137. The molecule has 0 bridgehead atoms. The molecular weight excluding hydrogens is 440 g/mol. The second kappa shape index (κ2) is 10.8. The van der Waals surface area contributed by atoms with E-state index in [1.807, 2.05) is 0 Å². The largest absolute Gasteiger partial charge is 0.496 e. The lowest BCUT2D eigenvalue weighted by Gasteiger charge is -2.15. The molecular formula is C22H26O9S. The van der Waals surface area contributed by atoms with Gasteiger partial charge in [0.15, 0.2) is 27.4 Å². The molecule has 9 nitrogen and oxygen atoms in total. The fourth-order valence-corrected chi connectivity index (χ4v) is 3.88. The van der Waals surface area contributed by atoms with Crippen molar-refractivity contribution in [3.05, 3.63) is 46.9 Å². The van der Waals surface area contributed by atoms with Crippen LogP contribution in [0.25, 0.3) is 6.08 Å². The van der Waals surface area contributed by atoms with Gasteiger partial charge in [0.25, 0.3) is 0 Å². The van der Waals surface area contributed by atoms with Crippen LogP contribution in [0.15, 0.2) is 35.7 Å². The summed E-state index contributed by atoms with van der Waals surface area (Å²) in [5, 5.41) is 10.1. The summed E-state index contributed by atoms with van der Waals surface area (Å²) in [5.41, 5.74) is 0.838. The lowest BCUT2D eigenvalue weighted by Crippen LogP contribution is -2.23. The van der Waals surface area contributed by atoms with Crippen molar-refractivity contribution in [1.29, 1.82) is 0 Å². The van der Waals surface area contributed by atoms with Gasteiger partial charge in [-0.25, -0.2) is 13.2 Å². The van der Waals surface area contributed by atoms with E-state index in [1.54, 1.807) is 18.2 Å². The highest BCUT2D eigenvalue weighted by atomic mass is 32.2. The van der Waals surface area contributed by atoms with Crippen molar-refractivity contribution in [2.45, 2.75) is 18.8 Å². The van der Waals surface area contributed by atoms with Crippen molar-refractivity contribution in [2.75, 3.05) is 28.4 Å². The quantitative estimate of drug-likeness (QED) is 0.533. The zero-order valence-corrected chi connectivity index (χ0v) is 19.3. The molecule has 0 amide bonds. The molecule has 0 aliphatic carbocycles. The SMILES string of the molecule is COc1cc(OC)c(/C=C/S(=O)(=O)Cc2ccc(OC)c(OC(C)C(=O)O)c2)c(OC)c1. The smallest absolute Gasteiger partial charge is 0.344 e. The molecule has 174 valence electrons. The van der Waals surface area contributed by atoms with E-state index in [-0.39, 0.29) is 11.5 Å². The summed E-state index contributed by atoms with van der Waals surface area (Å²) in [6, 6.07) is 7.76. The van der Waals surface area contributed by atoms with E-state index in [1.165, 1.54) is 53.6 Å². The maximum atomic E-state index is 12.7. The van der Waals surface area contributed by atoms with E-state index < -0.39 is 21.9 Å². The third kappa shape index (κ3) is 6.30. The molecule has 2 aromatic rings. The monoisotopic (exact) mass is 466 g/mol. The zero-order chi connectivity index (χ0) is 23.9. The van der Waals surface area contributed by atoms with Gasteiger partial charge >= 0.3 is 5.97 Å². The van der Waals surface area contributed by atoms with Gasteiger partial charge in [0.2, 0.25) is 0 Å². The molecule has 1 unspecified atom stereocenters. The highest BCUT2D eigenvalue weighted by Crippen LogP contribution is 2.35. The molecule has 32 heavy (non-hydrogen) atoms. The first-order chi connectivity index (χ1) is 15.1. The van der Waals surface area contributed by atoms with Crippen LogP contribution in [0, 0.1) is 0 Å². The molecule has 1 atom stereocenters. The van der Waals surface area contributed by atoms with Gasteiger partial charge < -0.3 is 28.8 Å². The maximum Gasteiger partial charge on any atom is 0.344 e. The number of methoxy groups -OCH3 is 4. The summed E-state index contributed by atoms with van der Waals surface area (Å²) in [7, 11) is 2.10. The van der Waals surface area contributed by atoms with Crippen LogP contribution in [0.5, 0.6) is 28.7 Å². The Balaban J connectivity index is 2.33. The highest BCUT2D eigenvalue weighted by Gasteiger charge is 2.18. The Hall–Kier alpha value is -3.40. The number of hydrogen-bond acceptors (Lipinski definition) is 8. The van der Waals surface area contributed by atoms with Crippen molar-refractivity contribution >= 4 is 21.9 Å². The van der Waals surface area contributed by atoms with Crippen molar-refractivity contribution in [2.24, 2.45) is 0 Å². The number of carboxylic acid groups (broad SMARTS) is 1. The Kier molecular flexibility index (Phi) is 8.36. The summed E-state index contributed by atoms with van der Waals surface area (Å²) in [5.74, 6) is 0.202. The number of rotatable bonds is 11. The topological polar surface area (TPSA) is 118 Å². The first kappa shape index (κ1) is 24.9. The molecule has 0 spiro atoms. The van der Waals surface area contributed by atoms with Gasteiger partial charge in [-0.15, -0.1) is 0 Å². The van der Waals surface area contributed by atoms with Crippen molar-refractivity contribution in [1.82, 2.24) is 0 Å². The number of hydrogen-bond donors (Lipinski definition) is 1. The molecule has 0 saturated carbocycles. The van der Waals surface area contributed by atoms with Crippen LogP contribution in [-0.2, 0) is 20.4 Å². The average molecular weight is 467 g/mol. The number of carboxylic acids is 1. The fraction of sp³-hybridized carbons (Fsp3) is 0.318. The third-order valence-corrected chi connectivity index (χ3v) is 5.73. The van der Waals surface area contributed by atoms with Crippen LogP contribution >= 0.6 is 0 Å². The molecule has 0 aromatic heterocycles. The standard InChI is InChI=1S/C22H26O9S/c1-14(22(23)24)31-21-10-15(6-7-18(21)28-3)13-32(25,26)9-8-17-19(29-4)11-16(27-2)12-20(17)30-5/h6-12,14H,13H2,1-5H3,(H,23,24)/b9-8+. The molecule has 2 rings (SSSR count). The van der Waals surface area contributed by atoms with Gasteiger partial charge in [0, 0.05) is 17.5 Å². The minimum atomic E-state index is -3.72. The lowest BCUT2D eigenvalue weighted by molar-refractivity contribution is -0.144. The third-order valence-electron chi connectivity index (χ3n) is 4.44. The van der Waals surface area contributed by atoms with Gasteiger partial charge in [-0.2, -0.15) is 0 Å². The zero-order valence-electron chi connectivity index (χ0n) is 18.4. The molecule has 0 heterocycles. The molecule has 0 radical (unpaired) electrons. The first-order valence-electron chi connectivity index (χ1n) is 9.41. The number of ether oxygens (including phenoxy) is 5. The highest BCUT2D eigenvalue weighted by molar-refractivity contribution is 7.93. The van der Waals surface area contributed by atoms with Crippen LogP contribution in [0.1, 0.15) is 18.1 Å². The van der Waals surface area contributed by atoms with Crippen LogP contribution in [0.4, 0.5) is 0 Å². The average Bonchev–Trinajstić information content (AvgIpc) is 2.76. The van der Waals surface area contributed by atoms with E-state index in [9.17, 15) is 13.2 Å². The van der Waals surface area contributed by atoms with E-state index in [0.29, 0.717) is 34.1 Å². The van der Waals surface area contributed by atoms with E-state index in [0.717, 1.165) is 5.41 Å². The summed E-state index contributed by atoms with van der Waals surface area (Å²) in [6.45, 7) is 1.36. The second-order valence-corrected chi connectivity index (χ2v) is 8.53. The van der Waals surface area contributed by atoms with Crippen LogP contribution < -0.4 is 23.7 Å². The molecule has 10 heteroatoms. The van der Waals surface area contributed by atoms with Crippen molar-refractivity contribution < 1.29 is 42.0 Å². The molecule has 0 aliphatic rings. The predicted molar refractivity (Wildman–Crippen MR) is 118 cm³/mol. The second-order valence-electron chi connectivity index (χ2n) is 6.64. The van der Waals surface area contributed by atoms with Gasteiger partial charge in [-0.05, 0) is 30.7 Å². The Morgan fingerprint density at radius 3 is 2.03 bits per heavy atom. The Morgan fingerprint density at radius 2 is 1.53 bits per heavy atom. The molecule has 0 aliphatic heterocycles. The van der Waals surface area contributed by atoms with Gasteiger partial charge in [-0.3, -0.25) is 0 Å². The molecule has 0 saturated heterocycles. The van der Waals surface area contributed by atoms with E-state index in [4.69, 9.17) is 28.8 Å². The Bertz CT molecular complexity index is 1070. The summed E-state index contributed by atoms with van der Waals surface area (Å²) < 4.78 is 51.9. The minimum Gasteiger partial charge on any atom is -0.496 e. The van der Waals surface area contributed by atoms with Crippen LogP contribution in [0.3, 0.4) is 0 Å². The summed E-state index contributed by atoms with van der Waals surface area (Å²) >= 11 is 0. The number of carbonyl (C=O) groups is 1. The predicted octanol–water partition coefficient (Wildman–Crippen LogP) is 3.16. The van der Waals surface area contributed by atoms with Crippen LogP contribution in [0.2, 0.25) is 0 Å².